The minimum Gasteiger partial charge on any atom is -0.414 e. The second kappa shape index (κ2) is 9.95. The van der Waals surface area contributed by atoms with E-state index in [0.29, 0.717) is 0 Å². The third kappa shape index (κ3) is 9.64. The van der Waals surface area contributed by atoms with E-state index >= 15 is 0 Å². The maximum Gasteiger partial charge on any atom is 0.193 e. The molecule has 0 atom stereocenters. The summed E-state index contributed by atoms with van der Waals surface area (Å²) in [7, 11) is -1.61. The lowest BCUT2D eigenvalue weighted by atomic mass is 10.2. The van der Waals surface area contributed by atoms with Gasteiger partial charge in [0.15, 0.2) is 8.32 Å². The Labute approximate surface area is 122 Å². The van der Waals surface area contributed by atoms with Gasteiger partial charge in [-0.2, -0.15) is 0 Å². The van der Waals surface area contributed by atoms with Crippen LogP contribution in [0.15, 0.2) is 0 Å². The Hall–Kier alpha value is 0.137. The molecule has 0 heterocycles. The van der Waals surface area contributed by atoms with E-state index in [4.69, 9.17) is 9.16 Å². The molecule has 0 aromatic heterocycles. The van der Waals surface area contributed by atoms with Gasteiger partial charge in [0.05, 0.1) is 13.2 Å². The molecule has 0 aliphatic carbocycles. The summed E-state index contributed by atoms with van der Waals surface area (Å²) in [4.78, 5) is 0. The first-order chi connectivity index (χ1) is 8.81. The highest BCUT2D eigenvalue weighted by atomic mass is 28.4. The van der Waals surface area contributed by atoms with Crippen molar-refractivity contribution < 1.29 is 9.16 Å². The number of hydrogen-bond donors (Lipinski definition) is 0. The Kier molecular flexibility index (Phi) is 10.0. The summed E-state index contributed by atoms with van der Waals surface area (Å²) in [6, 6.07) is 3.86. The van der Waals surface area contributed by atoms with Crippen molar-refractivity contribution in [3.05, 3.63) is 0 Å². The number of rotatable bonds is 11. The summed E-state index contributed by atoms with van der Waals surface area (Å²) in [5.41, 5.74) is 0. The fourth-order valence-corrected chi connectivity index (χ4v) is 8.95. The average Bonchev–Trinajstić information content (AvgIpc) is 2.21. The van der Waals surface area contributed by atoms with Gasteiger partial charge in [0.1, 0.15) is 0 Å². The van der Waals surface area contributed by atoms with E-state index < -0.39 is 8.32 Å². The minimum atomic E-state index is -1.61. The third-order valence-corrected chi connectivity index (χ3v) is 8.68. The van der Waals surface area contributed by atoms with Gasteiger partial charge in [-0.1, -0.05) is 41.5 Å². The Morgan fingerprint density at radius 1 is 0.737 bits per heavy atom. The molecule has 0 aliphatic rings. The third-order valence-electron chi connectivity index (χ3n) is 3.18. The van der Waals surface area contributed by atoms with Gasteiger partial charge in [-0.05, 0) is 42.8 Å². The molecule has 0 aromatic rings. The van der Waals surface area contributed by atoms with Gasteiger partial charge in [0.25, 0.3) is 0 Å². The zero-order valence-electron chi connectivity index (χ0n) is 14.3. The minimum absolute atomic E-state index is 0.733. The maximum absolute atomic E-state index is 6.48. The number of hydrogen-bond acceptors (Lipinski definition) is 2. The first kappa shape index (κ1) is 19.1. The van der Waals surface area contributed by atoms with Crippen LogP contribution >= 0.6 is 0 Å². The standard InChI is InChI=1S/C16H36O2Si/c1-8-17-9-10-18-19(11-14(2)3,12-15(4)5)13-16(6)7/h14-16H,8-13H2,1-7H3. The summed E-state index contributed by atoms with van der Waals surface area (Å²) in [5, 5.41) is 0. The van der Waals surface area contributed by atoms with E-state index in [0.717, 1.165) is 37.6 Å². The van der Waals surface area contributed by atoms with Gasteiger partial charge >= 0.3 is 0 Å². The molecular formula is C16H36O2Si. The van der Waals surface area contributed by atoms with Crippen molar-refractivity contribution in [2.75, 3.05) is 19.8 Å². The summed E-state index contributed by atoms with van der Waals surface area (Å²) in [5.74, 6) is 2.20. The Balaban J connectivity index is 4.68. The van der Waals surface area contributed by atoms with Crippen LogP contribution in [0.3, 0.4) is 0 Å². The quantitative estimate of drug-likeness (QED) is 0.395. The van der Waals surface area contributed by atoms with Crippen molar-refractivity contribution in [3.8, 4) is 0 Å². The van der Waals surface area contributed by atoms with Crippen molar-refractivity contribution >= 4 is 8.32 Å². The molecule has 2 nitrogen and oxygen atoms in total. The highest BCUT2D eigenvalue weighted by Gasteiger charge is 2.37. The van der Waals surface area contributed by atoms with Crippen molar-refractivity contribution in [2.45, 2.75) is 66.6 Å². The van der Waals surface area contributed by atoms with Gasteiger partial charge in [0.2, 0.25) is 0 Å². The smallest absolute Gasteiger partial charge is 0.193 e. The molecule has 0 N–H and O–H groups in total. The average molecular weight is 289 g/mol. The maximum atomic E-state index is 6.48. The summed E-state index contributed by atoms with van der Waals surface area (Å²) in [6.07, 6.45) is 0. The van der Waals surface area contributed by atoms with Crippen LogP contribution in [0, 0.1) is 17.8 Å². The lowest BCUT2D eigenvalue weighted by Crippen LogP contribution is -2.43. The molecule has 0 saturated carbocycles. The van der Waals surface area contributed by atoms with Crippen LogP contribution in [0.25, 0.3) is 0 Å². The second-order valence-electron chi connectivity index (χ2n) is 7.02. The van der Waals surface area contributed by atoms with E-state index in [-0.39, 0.29) is 0 Å². The number of ether oxygens (including phenoxy) is 1. The molecule has 0 amide bonds. The van der Waals surface area contributed by atoms with Gasteiger partial charge in [-0.3, -0.25) is 0 Å². The SMILES string of the molecule is CCOCCO[Si](CC(C)C)(CC(C)C)CC(C)C. The lowest BCUT2D eigenvalue weighted by Gasteiger charge is -2.36. The molecule has 0 bridgehead atoms. The van der Waals surface area contributed by atoms with E-state index in [2.05, 4.69) is 41.5 Å². The highest BCUT2D eigenvalue weighted by Crippen LogP contribution is 2.33. The van der Waals surface area contributed by atoms with Gasteiger partial charge in [0, 0.05) is 6.61 Å². The molecule has 0 spiro atoms. The molecular weight excluding hydrogens is 252 g/mol. The van der Waals surface area contributed by atoms with Crippen LogP contribution in [-0.2, 0) is 9.16 Å². The molecule has 0 fully saturated rings. The fraction of sp³-hybridized carbons (Fsp3) is 1.00. The first-order valence-electron chi connectivity index (χ1n) is 8.03. The fourth-order valence-electron chi connectivity index (χ4n) is 3.12. The molecule has 0 radical (unpaired) electrons. The van der Waals surface area contributed by atoms with Gasteiger partial charge < -0.3 is 9.16 Å². The second-order valence-corrected chi connectivity index (χ2v) is 10.9. The van der Waals surface area contributed by atoms with E-state index in [1.165, 1.54) is 18.1 Å². The molecule has 0 saturated heterocycles. The van der Waals surface area contributed by atoms with Crippen LogP contribution in [0.5, 0.6) is 0 Å². The van der Waals surface area contributed by atoms with Crippen molar-refractivity contribution in [1.29, 1.82) is 0 Å². The molecule has 0 unspecified atom stereocenters. The summed E-state index contributed by atoms with van der Waals surface area (Å²) >= 11 is 0. The van der Waals surface area contributed by atoms with Crippen LogP contribution in [0.4, 0.5) is 0 Å². The van der Waals surface area contributed by atoms with Crippen molar-refractivity contribution in [1.82, 2.24) is 0 Å². The molecule has 0 rings (SSSR count). The Bertz CT molecular complexity index is 188. The van der Waals surface area contributed by atoms with Gasteiger partial charge in [-0.25, -0.2) is 0 Å². The summed E-state index contributed by atoms with van der Waals surface area (Å²) < 4.78 is 11.9. The van der Waals surface area contributed by atoms with Crippen molar-refractivity contribution in [2.24, 2.45) is 17.8 Å². The molecule has 0 aromatic carbocycles. The Morgan fingerprint density at radius 2 is 1.16 bits per heavy atom. The summed E-state index contributed by atoms with van der Waals surface area (Å²) in [6.45, 7) is 18.3. The largest absolute Gasteiger partial charge is 0.414 e. The van der Waals surface area contributed by atoms with E-state index in [1.807, 2.05) is 6.92 Å². The molecule has 3 heteroatoms. The van der Waals surface area contributed by atoms with Crippen LogP contribution in [0.2, 0.25) is 18.1 Å². The Morgan fingerprint density at radius 3 is 1.47 bits per heavy atom. The zero-order valence-corrected chi connectivity index (χ0v) is 15.3. The van der Waals surface area contributed by atoms with Crippen LogP contribution < -0.4 is 0 Å². The van der Waals surface area contributed by atoms with Gasteiger partial charge in [-0.15, -0.1) is 0 Å². The van der Waals surface area contributed by atoms with E-state index in [9.17, 15) is 0 Å². The predicted octanol–water partition coefficient (Wildman–Crippen LogP) is 4.95. The first-order valence-corrected chi connectivity index (χ1v) is 10.6. The molecule has 19 heavy (non-hydrogen) atoms. The lowest BCUT2D eigenvalue weighted by molar-refractivity contribution is 0.104. The zero-order chi connectivity index (χ0) is 14.9. The topological polar surface area (TPSA) is 18.5 Å². The predicted molar refractivity (Wildman–Crippen MR) is 87.1 cm³/mol. The van der Waals surface area contributed by atoms with E-state index in [1.54, 1.807) is 0 Å². The molecule has 0 aliphatic heterocycles. The monoisotopic (exact) mass is 288 g/mol. The van der Waals surface area contributed by atoms with Crippen LogP contribution in [0.1, 0.15) is 48.5 Å². The van der Waals surface area contributed by atoms with Crippen molar-refractivity contribution in [3.63, 3.8) is 0 Å². The molecule has 116 valence electrons. The van der Waals surface area contributed by atoms with Crippen LogP contribution in [-0.4, -0.2) is 28.1 Å². The normalized spacial score (nSPS) is 12.9. The highest BCUT2D eigenvalue weighted by molar-refractivity contribution is 6.74.